The van der Waals surface area contributed by atoms with Crippen molar-refractivity contribution in [3.05, 3.63) is 41.2 Å². The molecule has 0 radical (unpaired) electrons. The van der Waals surface area contributed by atoms with Crippen molar-refractivity contribution in [3.8, 4) is 0 Å². The highest BCUT2D eigenvalue weighted by Crippen LogP contribution is 2.14. The van der Waals surface area contributed by atoms with Crippen LogP contribution in [0.5, 0.6) is 0 Å². The molecule has 9 heteroatoms. The van der Waals surface area contributed by atoms with Crippen LogP contribution in [0.2, 0.25) is 0 Å². The molecule has 110 valence electrons. The summed E-state index contributed by atoms with van der Waals surface area (Å²) < 4.78 is 28.4. The molecule has 0 aliphatic carbocycles. The van der Waals surface area contributed by atoms with Crippen molar-refractivity contribution in [2.24, 2.45) is 0 Å². The molecule has 0 atom stereocenters. The Labute approximate surface area is 125 Å². The number of aromatic nitrogens is 4. The number of rotatable bonds is 5. The largest absolute Gasteiger partial charge is 0.240 e. The first-order valence-corrected chi connectivity index (χ1v) is 8.63. The first-order chi connectivity index (χ1) is 10.1. The topological polar surface area (TPSA) is 89.2 Å². The van der Waals surface area contributed by atoms with Gasteiger partial charge in [-0.3, -0.25) is 0 Å². The molecule has 3 rings (SSSR count). The summed E-state index contributed by atoms with van der Waals surface area (Å²) in [5, 5.41) is 12.4. The molecular formula is C12H13N5O2S2. The molecule has 0 spiro atoms. The van der Waals surface area contributed by atoms with Gasteiger partial charge >= 0.3 is 0 Å². The molecule has 0 unspecified atom stereocenters. The van der Waals surface area contributed by atoms with Crippen LogP contribution in [0.25, 0.3) is 4.96 Å². The van der Waals surface area contributed by atoms with E-state index in [1.54, 1.807) is 12.1 Å². The van der Waals surface area contributed by atoms with E-state index in [-0.39, 0.29) is 11.4 Å². The highest BCUT2D eigenvalue weighted by Gasteiger charge is 2.15. The molecule has 0 aliphatic rings. The molecule has 0 saturated carbocycles. The number of benzene rings is 1. The van der Waals surface area contributed by atoms with Gasteiger partial charge in [-0.25, -0.2) is 13.1 Å². The first-order valence-electron chi connectivity index (χ1n) is 6.33. The van der Waals surface area contributed by atoms with Gasteiger partial charge in [0, 0.05) is 0 Å². The lowest BCUT2D eigenvalue weighted by Crippen LogP contribution is -2.23. The lowest BCUT2D eigenvalue weighted by molar-refractivity contribution is 0.580. The van der Waals surface area contributed by atoms with Gasteiger partial charge in [-0.2, -0.15) is 9.61 Å². The molecule has 2 aromatic heterocycles. The summed E-state index contributed by atoms with van der Waals surface area (Å²) in [6.07, 6.45) is 2.36. The molecule has 0 bridgehead atoms. The Kier molecular flexibility index (Phi) is 3.70. The van der Waals surface area contributed by atoms with Gasteiger partial charge in [0.05, 0.1) is 11.4 Å². The number of nitrogens with one attached hydrogen (secondary N) is 1. The molecule has 3 aromatic rings. The van der Waals surface area contributed by atoms with Gasteiger partial charge in [0.1, 0.15) is 11.3 Å². The van der Waals surface area contributed by atoms with Gasteiger partial charge < -0.3 is 0 Å². The van der Waals surface area contributed by atoms with Crippen LogP contribution < -0.4 is 4.72 Å². The molecule has 7 nitrogen and oxygen atoms in total. The third kappa shape index (κ3) is 2.94. The summed E-state index contributed by atoms with van der Waals surface area (Å²) in [7, 11) is -3.53. The maximum Gasteiger partial charge on any atom is 0.240 e. The van der Waals surface area contributed by atoms with Crippen molar-refractivity contribution >= 4 is 26.3 Å². The van der Waals surface area contributed by atoms with Gasteiger partial charge in [-0.1, -0.05) is 30.4 Å². The Morgan fingerprint density at radius 2 is 2.05 bits per heavy atom. The van der Waals surface area contributed by atoms with E-state index in [9.17, 15) is 8.42 Å². The van der Waals surface area contributed by atoms with Crippen LogP contribution in [0, 0.1) is 0 Å². The minimum absolute atomic E-state index is 0.131. The number of fused-ring (bicyclic) bond motifs is 1. The molecule has 0 fully saturated rings. The quantitative estimate of drug-likeness (QED) is 0.763. The van der Waals surface area contributed by atoms with E-state index >= 15 is 0 Å². The smallest absolute Gasteiger partial charge is 0.207 e. The summed E-state index contributed by atoms with van der Waals surface area (Å²) >= 11 is 1.30. The van der Waals surface area contributed by atoms with Crippen molar-refractivity contribution in [2.75, 3.05) is 0 Å². The number of aryl methyl sites for hydroxylation is 1. The van der Waals surface area contributed by atoms with Gasteiger partial charge in [0.25, 0.3) is 0 Å². The standard InChI is InChI=1S/C12H13N5O2S2/c1-2-9-3-5-10(6-4-9)21(18,19)14-7-11-16-17-8-13-15-12(17)20-11/h3-6,8,14H,2,7H2,1H3. The van der Waals surface area contributed by atoms with E-state index in [0.29, 0.717) is 9.97 Å². The van der Waals surface area contributed by atoms with Crippen molar-refractivity contribution in [1.29, 1.82) is 0 Å². The highest BCUT2D eigenvalue weighted by molar-refractivity contribution is 7.89. The number of sulfonamides is 1. The van der Waals surface area contributed by atoms with E-state index in [2.05, 4.69) is 20.0 Å². The Morgan fingerprint density at radius 3 is 2.71 bits per heavy atom. The lowest BCUT2D eigenvalue weighted by atomic mass is 10.2. The molecule has 1 aromatic carbocycles. The average Bonchev–Trinajstić information content (AvgIpc) is 3.06. The molecular weight excluding hydrogens is 310 g/mol. The number of hydrogen-bond donors (Lipinski definition) is 1. The maximum absolute atomic E-state index is 12.2. The van der Waals surface area contributed by atoms with E-state index in [0.717, 1.165) is 12.0 Å². The predicted octanol–water partition coefficient (Wildman–Crippen LogP) is 1.23. The Hall–Kier alpha value is -1.84. The summed E-state index contributed by atoms with van der Waals surface area (Å²) in [5.74, 6) is 0. The van der Waals surface area contributed by atoms with Crippen molar-refractivity contribution in [2.45, 2.75) is 24.8 Å². The summed E-state index contributed by atoms with van der Waals surface area (Å²) in [5.41, 5.74) is 1.10. The van der Waals surface area contributed by atoms with Gasteiger partial charge in [-0.15, -0.1) is 10.2 Å². The zero-order valence-electron chi connectivity index (χ0n) is 11.2. The van der Waals surface area contributed by atoms with Gasteiger partial charge in [0.2, 0.25) is 15.0 Å². The van der Waals surface area contributed by atoms with Crippen molar-refractivity contribution < 1.29 is 8.42 Å². The van der Waals surface area contributed by atoms with Crippen molar-refractivity contribution in [3.63, 3.8) is 0 Å². The van der Waals surface area contributed by atoms with Crippen LogP contribution in [0.4, 0.5) is 0 Å². The van der Waals surface area contributed by atoms with Crippen molar-refractivity contribution in [1.82, 2.24) is 24.5 Å². The lowest BCUT2D eigenvalue weighted by Gasteiger charge is -2.05. The SMILES string of the molecule is CCc1ccc(S(=O)(=O)NCc2nn3cnnc3s2)cc1. The molecule has 1 N–H and O–H groups in total. The predicted molar refractivity (Wildman–Crippen MR) is 78.5 cm³/mol. The monoisotopic (exact) mass is 323 g/mol. The van der Waals surface area contributed by atoms with E-state index < -0.39 is 10.0 Å². The molecule has 0 amide bonds. The zero-order valence-corrected chi connectivity index (χ0v) is 12.9. The Bertz CT molecular complexity index is 823. The van der Waals surface area contributed by atoms with E-state index in [4.69, 9.17) is 0 Å². The molecule has 0 saturated heterocycles. The third-order valence-electron chi connectivity index (χ3n) is 2.98. The fourth-order valence-corrected chi connectivity index (χ4v) is 3.65. The van der Waals surface area contributed by atoms with Crippen LogP contribution in [0.1, 0.15) is 17.5 Å². The van der Waals surface area contributed by atoms with Crippen LogP contribution in [0.3, 0.4) is 0 Å². The number of nitrogens with zero attached hydrogens (tertiary/aromatic N) is 4. The van der Waals surface area contributed by atoms with Crippen LogP contribution in [-0.2, 0) is 23.0 Å². The second kappa shape index (κ2) is 5.51. The fourth-order valence-electron chi connectivity index (χ4n) is 1.82. The second-order valence-corrected chi connectivity index (χ2v) is 7.18. The summed E-state index contributed by atoms with van der Waals surface area (Å²) in [6, 6.07) is 6.86. The second-order valence-electron chi connectivity index (χ2n) is 4.38. The molecule has 2 heterocycles. The fraction of sp³-hybridized carbons (Fsp3) is 0.250. The minimum atomic E-state index is -3.53. The minimum Gasteiger partial charge on any atom is -0.207 e. The summed E-state index contributed by atoms with van der Waals surface area (Å²) in [4.78, 5) is 0.888. The van der Waals surface area contributed by atoms with Crippen LogP contribution >= 0.6 is 11.3 Å². The third-order valence-corrected chi connectivity index (χ3v) is 5.31. The van der Waals surface area contributed by atoms with Crippen LogP contribution in [0.15, 0.2) is 35.5 Å². The van der Waals surface area contributed by atoms with Gasteiger partial charge in [-0.05, 0) is 24.1 Å². The normalized spacial score (nSPS) is 12.0. The zero-order chi connectivity index (χ0) is 14.9. The Morgan fingerprint density at radius 1 is 1.29 bits per heavy atom. The average molecular weight is 323 g/mol. The number of hydrogen-bond acceptors (Lipinski definition) is 6. The first kappa shape index (κ1) is 14.1. The molecule has 21 heavy (non-hydrogen) atoms. The summed E-state index contributed by atoms with van der Waals surface area (Å²) in [6.45, 7) is 2.15. The maximum atomic E-state index is 12.2. The van der Waals surface area contributed by atoms with E-state index in [1.807, 2.05) is 19.1 Å². The highest BCUT2D eigenvalue weighted by atomic mass is 32.2. The Balaban J connectivity index is 1.74. The van der Waals surface area contributed by atoms with E-state index in [1.165, 1.54) is 22.2 Å². The van der Waals surface area contributed by atoms with Gasteiger partial charge in [0.15, 0.2) is 0 Å². The molecule has 0 aliphatic heterocycles. The van der Waals surface area contributed by atoms with Crippen LogP contribution in [-0.4, -0.2) is 28.2 Å².